The molecular formula is C10H11BrNO2S+. The molecule has 0 saturated carbocycles. The number of hydrogen-bond acceptors (Lipinski definition) is 2. The molecule has 0 bridgehead atoms. The summed E-state index contributed by atoms with van der Waals surface area (Å²) >= 11 is 3.25. The van der Waals surface area contributed by atoms with Crippen LogP contribution in [-0.4, -0.2) is 10.3 Å². The summed E-state index contributed by atoms with van der Waals surface area (Å²) < 4.78 is 21.5. The van der Waals surface area contributed by atoms with Crippen LogP contribution < -0.4 is 0 Å². The van der Waals surface area contributed by atoms with Gasteiger partial charge in [0.15, 0.2) is 4.90 Å². The van der Waals surface area contributed by atoms with Crippen molar-refractivity contribution in [2.75, 3.05) is 5.75 Å². The van der Waals surface area contributed by atoms with Crippen LogP contribution in [0, 0.1) is 11.3 Å². The molecule has 0 aliphatic heterocycles. The normalized spacial score (nSPS) is 14.3. The minimum atomic E-state index is -2.96. The third-order valence-electron chi connectivity index (χ3n) is 2.07. The molecule has 0 amide bonds. The Morgan fingerprint density at radius 3 is 2.73 bits per heavy atom. The summed E-state index contributed by atoms with van der Waals surface area (Å²) in [6.45, 7) is 1.67. The van der Waals surface area contributed by atoms with Crippen molar-refractivity contribution in [1.82, 2.24) is 0 Å². The molecule has 0 spiro atoms. The first-order valence-corrected chi connectivity index (χ1v) is 7.19. The van der Waals surface area contributed by atoms with E-state index in [4.69, 9.17) is 5.26 Å². The fraction of sp³-hybridized carbons (Fsp3) is 0.300. The fourth-order valence-corrected chi connectivity index (χ4v) is 3.00. The van der Waals surface area contributed by atoms with E-state index >= 15 is 0 Å². The number of halogens is 1. The standard InChI is InChI=1S/C10H10BrNO2S/c1-2-15(13,14)10-4-3-8(7-12)5-9(10)6-11/h3-5H,2,6H2,1H3/p+1. The van der Waals surface area contributed by atoms with Gasteiger partial charge in [-0.15, -0.1) is 0 Å². The van der Waals surface area contributed by atoms with Gasteiger partial charge in [-0.25, -0.2) is 0 Å². The van der Waals surface area contributed by atoms with E-state index in [1.807, 2.05) is 6.07 Å². The highest BCUT2D eigenvalue weighted by Crippen LogP contribution is 2.24. The minimum Gasteiger partial charge on any atom is -0.192 e. The van der Waals surface area contributed by atoms with Crippen LogP contribution in [0.25, 0.3) is 0 Å². The Morgan fingerprint density at radius 2 is 2.27 bits per heavy atom. The lowest BCUT2D eigenvalue weighted by atomic mass is 10.2. The van der Waals surface area contributed by atoms with Crippen LogP contribution in [0.3, 0.4) is 0 Å². The van der Waals surface area contributed by atoms with Gasteiger partial charge in [0, 0.05) is 10.9 Å². The van der Waals surface area contributed by atoms with Crippen LogP contribution in [-0.2, 0) is 19.8 Å². The van der Waals surface area contributed by atoms with E-state index in [0.717, 1.165) is 0 Å². The predicted octanol–water partition coefficient (Wildman–Crippen LogP) is 2.80. The molecule has 0 aliphatic carbocycles. The van der Waals surface area contributed by atoms with E-state index in [0.29, 0.717) is 21.4 Å². The first-order chi connectivity index (χ1) is 7.05. The fourth-order valence-electron chi connectivity index (χ4n) is 1.22. The molecule has 0 saturated heterocycles. The summed E-state index contributed by atoms with van der Waals surface area (Å²) in [5.41, 5.74) is 1.20. The Labute approximate surface area is 98.5 Å². The zero-order valence-electron chi connectivity index (χ0n) is 8.24. The van der Waals surface area contributed by atoms with Crippen LogP contribution in [0.5, 0.6) is 0 Å². The molecular weight excluding hydrogens is 278 g/mol. The Morgan fingerprint density at radius 1 is 1.60 bits per heavy atom. The van der Waals surface area contributed by atoms with E-state index in [-0.39, 0.29) is 5.75 Å². The molecule has 0 fully saturated rings. The zero-order valence-corrected chi connectivity index (χ0v) is 10.6. The van der Waals surface area contributed by atoms with Crippen molar-refractivity contribution in [2.45, 2.75) is 17.1 Å². The largest absolute Gasteiger partial charge is 0.247 e. The van der Waals surface area contributed by atoms with Gasteiger partial charge in [0.2, 0.25) is 10.2 Å². The lowest BCUT2D eigenvalue weighted by molar-refractivity contribution is 0.498. The maximum Gasteiger partial charge on any atom is 0.247 e. The lowest BCUT2D eigenvalue weighted by Gasteiger charge is -2.06. The van der Waals surface area contributed by atoms with Crippen LogP contribution in [0.15, 0.2) is 23.1 Å². The number of alkyl halides is 1. The molecule has 1 aromatic rings. The lowest BCUT2D eigenvalue weighted by Crippen LogP contribution is -2.14. The quantitative estimate of drug-likeness (QED) is 0.687. The summed E-state index contributed by atoms with van der Waals surface area (Å²) in [6.07, 6.45) is 0. The minimum absolute atomic E-state index is 0.179. The van der Waals surface area contributed by atoms with Crippen LogP contribution in [0.2, 0.25) is 0 Å². The van der Waals surface area contributed by atoms with E-state index in [1.54, 1.807) is 25.1 Å². The summed E-state index contributed by atoms with van der Waals surface area (Å²) in [7, 11) is -2.96. The Bertz CT molecular complexity index is 453. The smallest absolute Gasteiger partial charge is 0.192 e. The molecule has 3 nitrogen and oxygen atoms in total. The topological polar surface area (TPSA) is 61.1 Å². The van der Waals surface area contributed by atoms with Crippen molar-refractivity contribution in [2.24, 2.45) is 0 Å². The number of nitrogens with zero attached hydrogens (tertiary/aromatic N) is 1. The number of hydrogen-bond donors (Lipinski definition) is 1. The Kier molecular flexibility index (Phi) is 4.03. The highest BCUT2D eigenvalue weighted by atomic mass is 79.9. The van der Waals surface area contributed by atoms with Gasteiger partial charge in [-0.3, -0.25) is 0 Å². The summed E-state index contributed by atoms with van der Waals surface area (Å²) in [5, 5.41) is 9.18. The highest BCUT2D eigenvalue weighted by Gasteiger charge is 2.29. The van der Waals surface area contributed by atoms with Gasteiger partial charge in [0.1, 0.15) is 5.75 Å². The van der Waals surface area contributed by atoms with Crippen LogP contribution in [0.1, 0.15) is 18.1 Å². The van der Waals surface area contributed by atoms with Gasteiger partial charge >= 0.3 is 0 Å². The van der Waals surface area contributed by atoms with Gasteiger partial charge in [-0.1, -0.05) is 20.1 Å². The van der Waals surface area contributed by atoms with E-state index in [9.17, 15) is 8.76 Å². The molecule has 0 radical (unpaired) electrons. The third kappa shape index (κ3) is 2.65. The van der Waals surface area contributed by atoms with Crippen LogP contribution in [0.4, 0.5) is 0 Å². The first-order valence-electron chi connectivity index (χ1n) is 4.38. The Hall–Kier alpha value is -0.700. The first kappa shape index (κ1) is 12.4. The van der Waals surface area contributed by atoms with Gasteiger partial charge in [0.05, 0.1) is 11.6 Å². The summed E-state index contributed by atoms with van der Waals surface area (Å²) in [4.78, 5) is 0.417. The second-order valence-corrected chi connectivity index (χ2v) is 5.86. The highest BCUT2D eigenvalue weighted by molar-refractivity contribution is 9.08. The predicted molar refractivity (Wildman–Crippen MR) is 63.3 cm³/mol. The van der Waals surface area contributed by atoms with Crippen molar-refractivity contribution >= 4 is 26.1 Å². The van der Waals surface area contributed by atoms with Crippen molar-refractivity contribution in [3.63, 3.8) is 0 Å². The molecule has 0 aromatic heterocycles. The second kappa shape index (κ2) is 4.88. The monoisotopic (exact) mass is 288 g/mol. The molecule has 0 aliphatic rings. The van der Waals surface area contributed by atoms with Gasteiger partial charge in [0.25, 0.3) is 0 Å². The number of rotatable bonds is 3. The van der Waals surface area contributed by atoms with E-state index < -0.39 is 10.2 Å². The molecule has 0 heterocycles. The number of nitriles is 1. The SMILES string of the molecule is CC[S+](=O)(O)c1ccc(C#N)cc1CBr. The van der Waals surface area contributed by atoms with Crippen LogP contribution >= 0.6 is 15.9 Å². The van der Waals surface area contributed by atoms with Gasteiger partial charge in [-0.05, 0) is 25.1 Å². The van der Waals surface area contributed by atoms with Crippen molar-refractivity contribution in [1.29, 1.82) is 5.26 Å². The molecule has 1 rings (SSSR count). The molecule has 80 valence electrons. The van der Waals surface area contributed by atoms with Crippen molar-refractivity contribution in [3.05, 3.63) is 29.3 Å². The molecule has 1 aromatic carbocycles. The second-order valence-electron chi connectivity index (χ2n) is 3.00. The summed E-state index contributed by atoms with van der Waals surface area (Å²) in [5.74, 6) is 0.179. The molecule has 5 heteroatoms. The van der Waals surface area contributed by atoms with E-state index in [1.165, 1.54) is 0 Å². The Balaban J connectivity index is 3.33. The average molecular weight is 289 g/mol. The van der Waals surface area contributed by atoms with Gasteiger partial charge in [-0.2, -0.15) is 9.81 Å². The third-order valence-corrected chi connectivity index (χ3v) is 4.54. The average Bonchev–Trinajstić information content (AvgIpc) is 2.28. The number of benzene rings is 1. The van der Waals surface area contributed by atoms with Gasteiger partial charge < -0.3 is 0 Å². The maximum atomic E-state index is 11.8. The van der Waals surface area contributed by atoms with Crippen molar-refractivity contribution < 1.29 is 8.76 Å². The zero-order chi connectivity index (χ0) is 11.5. The maximum absolute atomic E-state index is 11.8. The molecule has 1 atom stereocenters. The molecule has 15 heavy (non-hydrogen) atoms. The molecule has 1 N–H and O–H groups in total. The summed E-state index contributed by atoms with van der Waals surface area (Å²) in [6, 6.07) is 6.76. The molecule has 1 unspecified atom stereocenters. The van der Waals surface area contributed by atoms with E-state index in [2.05, 4.69) is 15.9 Å². The van der Waals surface area contributed by atoms with Crippen molar-refractivity contribution in [3.8, 4) is 6.07 Å².